The van der Waals surface area contributed by atoms with Crippen molar-refractivity contribution in [1.82, 2.24) is 5.32 Å². The zero-order valence-electron chi connectivity index (χ0n) is 16.7. The Morgan fingerprint density at radius 1 is 1.07 bits per heavy atom. The molecule has 0 saturated carbocycles. The second kappa shape index (κ2) is 10.4. The molecule has 0 aromatic heterocycles. The summed E-state index contributed by atoms with van der Waals surface area (Å²) < 4.78 is 16.6. The van der Waals surface area contributed by atoms with Crippen LogP contribution in [0.25, 0.3) is 0 Å². The van der Waals surface area contributed by atoms with E-state index >= 15 is 0 Å². The van der Waals surface area contributed by atoms with E-state index in [1.807, 2.05) is 19.1 Å². The Morgan fingerprint density at radius 2 is 1.64 bits per heavy atom. The van der Waals surface area contributed by atoms with E-state index in [4.69, 9.17) is 19.9 Å². The lowest BCUT2D eigenvalue weighted by Gasteiger charge is -2.40. The summed E-state index contributed by atoms with van der Waals surface area (Å²) in [4.78, 5) is 13.0. The molecule has 2 saturated heterocycles. The number of nitrogens with two attached hydrogens (primary N) is 1. The van der Waals surface area contributed by atoms with E-state index < -0.39 is 5.41 Å². The van der Waals surface area contributed by atoms with Crippen molar-refractivity contribution in [3.8, 4) is 5.75 Å². The van der Waals surface area contributed by atoms with Crippen LogP contribution in [0.3, 0.4) is 0 Å². The summed E-state index contributed by atoms with van der Waals surface area (Å²) >= 11 is 0. The van der Waals surface area contributed by atoms with Gasteiger partial charge in [0, 0.05) is 44.9 Å². The number of carbonyl (C=O) groups is 1. The minimum absolute atomic E-state index is 0. The largest absolute Gasteiger partial charge is 0.494 e. The van der Waals surface area contributed by atoms with Gasteiger partial charge in [0.2, 0.25) is 5.91 Å². The van der Waals surface area contributed by atoms with E-state index in [2.05, 4.69) is 17.4 Å². The van der Waals surface area contributed by atoms with Gasteiger partial charge in [0.1, 0.15) is 5.75 Å². The summed E-state index contributed by atoms with van der Waals surface area (Å²) in [6.07, 6.45) is 3.16. The monoisotopic (exact) mass is 412 g/mol. The standard InChI is InChI=1S/C21H32N2O4.ClH/c1-2-27-18-5-3-17(4-6-18)21(9-13-26-14-10-21)16-23-19(24)20(15-22)7-11-25-12-8-20;/h3-6H,2,7-16,22H2,1H3,(H,23,24);1H. The Morgan fingerprint density at radius 3 is 2.18 bits per heavy atom. The topological polar surface area (TPSA) is 82.8 Å². The van der Waals surface area contributed by atoms with Crippen LogP contribution < -0.4 is 15.8 Å². The Kier molecular flexibility index (Phi) is 8.56. The summed E-state index contributed by atoms with van der Waals surface area (Å²) in [6, 6.07) is 8.26. The molecule has 0 atom stereocenters. The van der Waals surface area contributed by atoms with Crippen molar-refractivity contribution in [3.05, 3.63) is 29.8 Å². The lowest BCUT2D eigenvalue weighted by molar-refractivity contribution is -0.136. The predicted molar refractivity (Wildman–Crippen MR) is 111 cm³/mol. The van der Waals surface area contributed by atoms with E-state index in [0.29, 0.717) is 59.0 Å². The van der Waals surface area contributed by atoms with Gasteiger partial charge in [0.05, 0.1) is 12.0 Å². The van der Waals surface area contributed by atoms with Crippen LogP contribution in [0, 0.1) is 5.41 Å². The quantitative estimate of drug-likeness (QED) is 0.718. The van der Waals surface area contributed by atoms with Gasteiger partial charge in [-0.3, -0.25) is 4.79 Å². The summed E-state index contributed by atoms with van der Waals surface area (Å²) in [5.74, 6) is 0.932. The highest BCUT2D eigenvalue weighted by Gasteiger charge is 2.41. The molecule has 2 aliphatic rings. The lowest BCUT2D eigenvalue weighted by Crippen LogP contribution is -2.53. The zero-order valence-corrected chi connectivity index (χ0v) is 17.5. The summed E-state index contributed by atoms with van der Waals surface area (Å²) in [7, 11) is 0. The number of benzene rings is 1. The van der Waals surface area contributed by atoms with Crippen LogP contribution in [0.15, 0.2) is 24.3 Å². The fourth-order valence-corrected chi connectivity index (χ4v) is 4.12. The number of amides is 1. The summed E-state index contributed by atoms with van der Waals surface area (Å²) in [5, 5.41) is 3.23. The molecular formula is C21H33ClN2O4. The summed E-state index contributed by atoms with van der Waals surface area (Å²) in [5.41, 5.74) is 6.60. The zero-order chi connectivity index (χ0) is 19.2. The van der Waals surface area contributed by atoms with Crippen molar-refractivity contribution in [2.45, 2.75) is 38.0 Å². The molecule has 3 rings (SSSR count). The van der Waals surface area contributed by atoms with Gasteiger partial charge in [-0.1, -0.05) is 12.1 Å². The van der Waals surface area contributed by atoms with Gasteiger partial charge in [0.25, 0.3) is 0 Å². The maximum absolute atomic E-state index is 13.0. The summed E-state index contributed by atoms with van der Waals surface area (Å²) in [6.45, 7) is 6.21. The predicted octanol–water partition coefficient (Wildman–Crippen LogP) is 2.43. The molecule has 2 heterocycles. The molecule has 0 radical (unpaired) electrons. The molecule has 0 aliphatic carbocycles. The maximum Gasteiger partial charge on any atom is 0.227 e. The average molecular weight is 413 g/mol. The molecule has 1 amide bonds. The van der Waals surface area contributed by atoms with Crippen LogP contribution >= 0.6 is 12.4 Å². The van der Waals surface area contributed by atoms with E-state index in [9.17, 15) is 4.79 Å². The number of hydrogen-bond donors (Lipinski definition) is 2. The van der Waals surface area contributed by atoms with Crippen LogP contribution in [0.5, 0.6) is 5.75 Å². The van der Waals surface area contributed by atoms with Crippen LogP contribution in [0.1, 0.15) is 38.2 Å². The Hall–Kier alpha value is -1.34. The van der Waals surface area contributed by atoms with Gasteiger partial charge in [-0.2, -0.15) is 0 Å². The van der Waals surface area contributed by atoms with Gasteiger partial charge in [-0.25, -0.2) is 0 Å². The first-order valence-electron chi connectivity index (χ1n) is 10.0. The number of ether oxygens (including phenoxy) is 3. The first-order chi connectivity index (χ1) is 13.1. The van der Waals surface area contributed by atoms with E-state index in [0.717, 1.165) is 18.6 Å². The van der Waals surface area contributed by atoms with Crippen molar-refractivity contribution in [3.63, 3.8) is 0 Å². The highest BCUT2D eigenvalue weighted by molar-refractivity contribution is 5.85. The molecular weight excluding hydrogens is 380 g/mol. The number of carbonyl (C=O) groups excluding carboxylic acids is 1. The highest BCUT2D eigenvalue weighted by Crippen LogP contribution is 2.36. The Bertz CT molecular complexity index is 611. The maximum atomic E-state index is 13.0. The van der Waals surface area contributed by atoms with Crippen molar-refractivity contribution < 1.29 is 19.0 Å². The van der Waals surface area contributed by atoms with Gasteiger partial charge in [-0.15, -0.1) is 12.4 Å². The Labute approximate surface area is 173 Å². The molecule has 6 nitrogen and oxygen atoms in total. The highest BCUT2D eigenvalue weighted by atomic mass is 35.5. The normalized spacial score (nSPS) is 20.6. The van der Waals surface area contributed by atoms with Gasteiger partial charge < -0.3 is 25.3 Å². The van der Waals surface area contributed by atoms with E-state index in [1.54, 1.807) is 0 Å². The average Bonchev–Trinajstić information content (AvgIpc) is 2.74. The second-order valence-corrected chi connectivity index (χ2v) is 7.63. The first kappa shape index (κ1) is 22.9. The van der Waals surface area contributed by atoms with Crippen molar-refractivity contribution in [2.24, 2.45) is 11.1 Å². The number of rotatable bonds is 7. The second-order valence-electron chi connectivity index (χ2n) is 7.63. The van der Waals surface area contributed by atoms with Crippen molar-refractivity contribution in [1.29, 1.82) is 0 Å². The fraction of sp³-hybridized carbons (Fsp3) is 0.667. The van der Waals surface area contributed by atoms with Crippen LogP contribution in [0.2, 0.25) is 0 Å². The molecule has 28 heavy (non-hydrogen) atoms. The third kappa shape index (κ3) is 4.98. The molecule has 0 bridgehead atoms. The first-order valence-corrected chi connectivity index (χ1v) is 10.0. The smallest absolute Gasteiger partial charge is 0.227 e. The van der Waals surface area contributed by atoms with Crippen LogP contribution in [-0.4, -0.2) is 52.0 Å². The number of nitrogens with one attached hydrogen (secondary N) is 1. The minimum atomic E-state index is -0.497. The fourth-order valence-electron chi connectivity index (χ4n) is 4.12. The Balaban J connectivity index is 0.00000280. The number of hydrogen-bond acceptors (Lipinski definition) is 5. The minimum Gasteiger partial charge on any atom is -0.494 e. The molecule has 158 valence electrons. The van der Waals surface area contributed by atoms with E-state index in [-0.39, 0.29) is 23.7 Å². The SMILES string of the molecule is CCOc1ccc(C2(CNC(=O)C3(CN)CCOCC3)CCOCC2)cc1.Cl. The molecule has 3 N–H and O–H groups in total. The van der Waals surface area contributed by atoms with Crippen LogP contribution in [-0.2, 0) is 19.7 Å². The van der Waals surface area contributed by atoms with Gasteiger partial charge >= 0.3 is 0 Å². The van der Waals surface area contributed by atoms with Crippen molar-refractivity contribution in [2.75, 3.05) is 46.1 Å². The molecule has 1 aromatic carbocycles. The third-order valence-corrected chi connectivity index (χ3v) is 6.14. The molecule has 0 unspecified atom stereocenters. The van der Waals surface area contributed by atoms with Crippen LogP contribution in [0.4, 0.5) is 0 Å². The number of halogens is 1. The molecule has 7 heteroatoms. The van der Waals surface area contributed by atoms with Gasteiger partial charge in [-0.05, 0) is 50.3 Å². The van der Waals surface area contributed by atoms with Gasteiger partial charge in [0.15, 0.2) is 0 Å². The molecule has 2 fully saturated rings. The lowest BCUT2D eigenvalue weighted by atomic mass is 9.73. The van der Waals surface area contributed by atoms with E-state index in [1.165, 1.54) is 5.56 Å². The third-order valence-electron chi connectivity index (χ3n) is 6.14. The van der Waals surface area contributed by atoms with Crippen molar-refractivity contribution >= 4 is 18.3 Å². The molecule has 1 aromatic rings. The molecule has 2 aliphatic heterocycles. The molecule has 0 spiro atoms.